The minimum Gasteiger partial charge on any atom is -0.494 e. The predicted octanol–water partition coefficient (Wildman–Crippen LogP) is 3.78. The Labute approximate surface area is 191 Å². The summed E-state index contributed by atoms with van der Waals surface area (Å²) >= 11 is 0. The third-order valence-electron chi connectivity index (χ3n) is 7.37. The van der Waals surface area contributed by atoms with Crippen LogP contribution >= 0.6 is 0 Å². The van der Waals surface area contributed by atoms with Gasteiger partial charge in [-0.05, 0) is 54.5 Å². The van der Waals surface area contributed by atoms with E-state index in [1.807, 2.05) is 18.3 Å². The number of nitrogens with two attached hydrogens (primary N) is 1. The number of nitrogens with zero attached hydrogens (tertiary/aromatic N) is 5. The minimum absolute atomic E-state index is 0.0182. The number of hydrogen-bond acceptors (Lipinski definition) is 6. The molecule has 1 aliphatic carbocycles. The van der Waals surface area contributed by atoms with Crippen LogP contribution in [0.2, 0.25) is 0 Å². The Hall–Kier alpha value is -3.52. The number of hydrogen-bond donors (Lipinski definition) is 1. The number of fused-ring (bicyclic) bond motifs is 2. The fourth-order valence-electron chi connectivity index (χ4n) is 5.51. The molecule has 3 aromatic heterocycles. The van der Waals surface area contributed by atoms with E-state index in [0.717, 1.165) is 49.4 Å². The van der Waals surface area contributed by atoms with Gasteiger partial charge in [-0.3, -0.25) is 4.98 Å². The lowest BCUT2D eigenvalue weighted by Crippen LogP contribution is -2.44. The van der Waals surface area contributed by atoms with Crippen LogP contribution in [0.15, 0.2) is 55.0 Å². The highest BCUT2D eigenvalue weighted by atomic mass is 19.1. The quantitative estimate of drug-likeness (QED) is 0.518. The zero-order valence-electron chi connectivity index (χ0n) is 18.4. The molecule has 0 unspecified atom stereocenters. The van der Waals surface area contributed by atoms with Gasteiger partial charge in [-0.1, -0.05) is 12.1 Å². The molecule has 1 saturated heterocycles. The van der Waals surface area contributed by atoms with Crippen molar-refractivity contribution in [2.75, 3.05) is 25.1 Å². The first-order valence-corrected chi connectivity index (χ1v) is 11.2. The van der Waals surface area contributed by atoms with E-state index in [-0.39, 0.29) is 17.2 Å². The molecule has 2 aliphatic rings. The first-order valence-electron chi connectivity index (χ1n) is 11.2. The number of rotatable bonds is 3. The second-order valence-electron chi connectivity index (χ2n) is 8.96. The lowest BCUT2D eigenvalue weighted by atomic mass is 9.73. The van der Waals surface area contributed by atoms with Crippen molar-refractivity contribution >= 4 is 11.3 Å². The van der Waals surface area contributed by atoms with Crippen LogP contribution in [0.1, 0.15) is 30.1 Å². The van der Waals surface area contributed by atoms with E-state index in [4.69, 9.17) is 15.5 Å². The molecule has 8 heteroatoms. The Kier molecular flexibility index (Phi) is 4.58. The Morgan fingerprint density at radius 3 is 2.73 bits per heavy atom. The Bertz CT molecular complexity index is 1340. The van der Waals surface area contributed by atoms with E-state index < -0.39 is 5.82 Å². The van der Waals surface area contributed by atoms with Gasteiger partial charge in [0.15, 0.2) is 17.4 Å². The molecule has 168 valence electrons. The maximum atomic E-state index is 14.9. The zero-order chi connectivity index (χ0) is 22.6. The summed E-state index contributed by atoms with van der Waals surface area (Å²) in [5.74, 6) is 0.632. The highest BCUT2D eigenvalue weighted by molar-refractivity contribution is 5.74. The third kappa shape index (κ3) is 3.01. The van der Waals surface area contributed by atoms with Crippen LogP contribution in [0.5, 0.6) is 5.75 Å². The number of anilines is 1. The molecule has 1 atom stereocenters. The minimum atomic E-state index is -0.422. The van der Waals surface area contributed by atoms with E-state index >= 15 is 0 Å². The molecule has 4 heterocycles. The molecule has 6 rings (SSSR count). The molecule has 1 aromatic carbocycles. The van der Waals surface area contributed by atoms with Gasteiger partial charge in [-0.2, -0.15) is 5.10 Å². The van der Waals surface area contributed by atoms with Crippen molar-refractivity contribution in [1.29, 1.82) is 0 Å². The van der Waals surface area contributed by atoms with Crippen molar-refractivity contribution in [1.82, 2.24) is 19.6 Å². The zero-order valence-corrected chi connectivity index (χ0v) is 18.4. The van der Waals surface area contributed by atoms with Crippen LogP contribution in [0.25, 0.3) is 16.8 Å². The van der Waals surface area contributed by atoms with Crippen molar-refractivity contribution in [2.24, 2.45) is 11.1 Å². The maximum absolute atomic E-state index is 14.9. The summed E-state index contributed by atoms with van der Waals surface area (Å²) in [6.07, 6.45) is 8.15. The predicted molar refractivity (Wildman–Crippen MR) is 124 cm³/mol. The largest absolute Gasteiger partial charge is 0.494 e. The standard InChI is InChI=1S/C25H25FN6O/c1-33-21-6-2-4-17(22(21)26)20-15-29-24(19-7-11-30-32(19)20)31-12-8-25(9-13-31)14-18-16(23(25)27)5-3-10-28-18/h2-7,10-11,15,23H,8-9,12-14,27H2,1H3/t23-/m1/s1. The summed E-state index contributed by atoms with van der Waals surface area (Å²) in [6, 6.07) is 11.1. The molecule has 4 aromatic rings. The maximum Gasteiger partial charge on any atom is 0.174 e. The first-order chi connectivity index (χ1) is 16.1. The van der Waals surface area contributed by atoms with E-state index in [2.05, 4.69) is 21.0 Å². The van der Waals surface area contributed by atoms with E-state index in [1.165, 1.54) is 12.7 Å². The monoisotopic (exact) mass is 444 g/mol. The van der Waals surface area contributed by atoms with Crippen molar-refractivity contribution in [3.63, 3.8) is 0 Å². The summed E-state index contributed by atoms with van der Waals surface area (Å²) in [7, 11) is 1.46. The first kappa shape index (κ1) is 20.1. The van der Waals surface area contributed by atoms with E-state index in [0.29, 0.717) is 11.3 Å². The van der Waals surface area contributed by atoms with Gasteiger partial charge < -0.3 is 15.4 Å². The van der Waals surface area contributed by atoms with Gasteiger partial charge in [0.2, 0.25) is 0 Å². The van der Waals surface area contributed by atoms with Crippen LogP contribution in [0.4, 0.5) is 10.2 Å². The number of aromatic nitrogens is 4. The van der Waals surface area contributed by atoms with Crippen LogP contribution in [-0.4, -0.2) is 39.8 Å². The highest BCUT2D eigenvalue weighted by Gasteiger charge is 2.46. The third-order valence-corrected chi connectivity index (χ3v) is 7.37. The Balaban J connectivity index is 1.31. The molecule has 1 spiro atoms. The molecular formula is C25H25FN6O. The number of piperidine rings is 1. The molecule has 1 fully saturated rings. The molecule has 33 heavy (non-hydrogen) atoms. The lowest BCUT2D eigenvalue weighted by Gasteiger charge is -2.42. The topological polar surface area (TPSA) is 81.6 Å². The van der Waals surface area contributed by atoms with Crippen molar-refractivity contribution in [3.05, 3.63) is 72.1 Å². The molecule has 0 bridgehead atoms. The van der Waals surface area contributed by atoms with Crippen molar-refractivity contribution < 1.29 is 9.13 Å². The summed E-state index contributed by atoms with van der Waals surface area (Å²) in [6.45, 7) is 1.70. The van der Waals surface area contributed by atoms with Gasteiger partial charge in [-0.25, -0.2) is 13.9 Å². The van der Waals surface area contributed by atoms with Crippen LogP contribution in [-0.2, 0) is 6.42 Å². The molecular weight excluding hydrogens is 419 g/mol. The average molecular weight is 445 g/mol. The lowest BCUT2D eigenvalue weighted by molar-refractivity contribution is 0.187. The van der Waals surface area contributed by atoms with Gasteiger partial charge in [0, 0.05) is 36.6 Å². The van der Waals surface area contributed by atoms with E-state index in [9.17, 15) is 4.39 Å². The van der Waals surface area contributed by atoms with Crippen molar-refractivity contribution in [3.8, 4) is 17.0 Å². The fraction of sp³-hybridized carbons (Fsp3) is 0.320. The van der Waals surface area contributed by atoms with Crippen LogP contribution in [0.3, 0.4) is 0 Å². The van der Waals surface area contributed by atoms with Gasteiger partial charge >= 0.3 is 0 Å². The fourth-order valence-corrected chi connectivity index (χ4v) is 5.51. The molecule has 0 amide bonds. The Morgan fingerprint density at radius 1 is 1.09 bits per heavy atom. The van der Waals surface area contributed by atoms with Crippen molar-refractivity contribution in [2.45, 2.75) is 25.3 Å². The second kappa shape index (κ2) is 7.52. The van der Waals surface area contributed by atoms with Crippen LogP contribution in [0, 0.1) is 11.2 Å². The number of methoxy groups -OCH3 is 1. The normalized spacial score (nSPS) is 19.2. The van der Waals surface area contributed by atoms with Gasteiger partial charge in [0.25, 0.3) is 0 Å². The molecule has 0 saturated carbocycles. The van der Waals surface area contributed by atoms with Crippen LogP contribution < -0.4 is 15.4 Å². The highest BCUT2D eigenvalue weighted by Crippen LogP contribution is 2.50. The smallest absolute Gasteiger partial charge is 0.174 e. The summed E-state index contributed by atoms with van der Waals surface area (Å²) in [5.41, 5.74) is 10.9. The van der Waals surface area contributed by atoms with Gasteiger partial charge in [-0.15, -0.1) is 0 Å². The number of halogens is 1. The molecule has 7 nitrogen and oxygen atoms in total. The number of pyridine rings is 1. The average Bonchev–Trinajstić information content (AvgIpc) is 3.44. The summed E-state index contributed by atoms with van der Waals surface area (Å²) in [4.78, 5) is 11.6. The van der Waals surface area contributed by atoms with Gasteiger partial charge in [0.1, 0.15) is 5.52 Å². The second-order valence-corrected chi connectivity index (χ2v) is 8.96. The summed E-state index contributed by atoms with van der Waals surface area (Å²) in [5, 5.41) is 4.47. The molecule has 1 aliphatic heterocycles. The SMILES string of the molecule is COc1cccc(-c2cnc(N3CCC4(CC3)Cc3ncccc3[C@H]4N)c3ccnn23)c1F. The Morgan fingerprint density at radius 2 is 1.94 bits per heavy atom. The van der Waals surface area contributed by atoms with Gasteiger partial charge in [0.05, 0.1) is 25.2 Å². The summed E-state index contributed by atoms with van der Waals surface area (Å²) < 4.78 is 21.9. The number of benzene rings is 1. The molecule has 2 N–H and O–H groups in total. The molecule has 0 radical (unpaired) electrons. The van der Waals surface area contributed by atoms with E-state index in [1.54, 1.807) is 35.1 Å². The number of ether oxygens (including phenoxy) is 1.